The number of nitrogens with zero attached hydrogens (tertiary/aromatic N) is 1. The monoisotopic (exact) mass is 466 g/mol. The van der Waals surface area contributed by atoms with Crippen molar-refractivity contribution >= 4 is 18.0 Å². The Labute approximate surface area is 198 Å². The maximum absolute atomic E-state index is 12.8. The number of nitrogens with one attached hydrogen (secondary N) is 1. The molecule has 8 heteroatoms. The van der Waals surface area contributed by atoms with Gasteiger partial charge >= 0.3 is 12.1 Å². The van der Waals surface area contributed by atoms with E-state index in [1.807, 2.05) is 31.2 Å². The molecule has 180 valence electrons. The Morgan fingerprint density at radius 3 is 2.38 bits per heavy atom. The number of carbonyl (C=O) groups is 3. The summed E-state index contributed by atoms with van der Waals surface area (Å²) in [5, 5.41) is 12.0. The van der Waals surface area contributed by atoms with E-state index in [4.69, 9.17) is 14.6 Å². The Kier molecular flexibility index (Phi) is 7.47. The molecule has 0 spiro atoms. The number of hydrogen-bond acceptors (Lipinski definition) is 5. The number of benzene rings is 2. The molecule has 0 saturated carbocycles. The van der Waals surface area contributed by atoms with E-state index >= 15 is 0 Å². The number of rotatable bonds is 8. The minimum atomic E-state index is -1.08. The second-order valence-corrected chi connectivity index (χ2v) is 8.70. The SMILES string of the molecule is CCC[C@H](CC(=O)N1CCOC(C(=O)O)C1)NC(=O)OCC1c2ccccc2-c2ccccc21. The normalized spacial score (nSPS) is 18.0. The summed E-state index contributed by atoms with van der Waals surface area (Å²) >= 11 is 0. The zero-order valence-electron chi connectivity index (χ0n) is 19.2. The summed E-state index contributed by atoms with van der Waals surface area (Å²) < 4.78 is 10.8. The smallest absolute Gasteiger partial charge is 0.407 e. The molecule has 2 amide bonds. The molecule has 8 nitrogen and oxygen atoms in total. The molecule has 0 bridgehead atoms. The number of fused-ring (bicyclic) bond motifs is 3. The van der Waals surface area contributed by atoms with E-state index in [2.05, 4.69) is 29.6 Å². The van der Waals surface area contributed by atoms with Crippen LogP contribution in [0.5, 0.6) is 0 Å². The molecule has 1 saturated heterocycles. The van der Waals surface area contributed by atoms with Gasteiger partial charge in [0.1, 0.15) is 6.61 Å². The fourth-order valence-electron chi connectivity index (χ4n) is 4.75. The summed E-state index contributed by atoms with van der Waals surface area (Å²) in [6.07, 6.45) is -0.0916. The first-order valence-corrected chi connectivity index (χ1v) is 11.7. The van der Waals surface area contributed by atoms with Gasteiger partial charge in [-0.3, -0.25) is 4.79 Å². The lowest BCUT2D eigenvalue weighted by Gasteiger charge is -2.32. The second-order valence-electron chi connectivity index (χ2n) is 8.70. The topological polar surface area (TPSA) is 105 Å². The van der Waals surface area contributed by atoms with E-state index in [9.17, 15) is 14.4 Å². The van der Waals surface area contributed by atoms with Crippen molar-refractivity contribution in [1.29, 1.82) is 0 Å². The Morgan fingerprint density at radius 2 is 1.76 bits per heavy atom. The van der Waals surface area contributed by atoms with Crippen LogP contribution in [0.2, 0.25) is 0 Å². The summed E-state index contributed by atoms with van der Waals surface area (Å²) in [7, 11) is 0. The number of hydrogen-bond donors (Lipinski definition) is 2. The molecule has 4 rings (SSSR count). The van der Waals surface area contributed by atoms with E-state index in [1.54, 1.807) is 0 Å². The largest absolute Gasteiger partial charge is 0.479 e. The van der Waals surface area contributed by atoms with Gasteiger partial charge in [0.05, 0.1) is 13.2 Å². The molecule has 34 heavy (non-hydrogen) atoms. The number of ether oxygens (including phenoxy) is 2. The molecule has 0 aromatic heterocycles. The summed E-state index contributed by atoms with van der Waals surface area (Å²) in [5.74, 6) is -1.32. The first-order valence-electron chi connectivity index (χ1n) is 11.7. The third kappa shape index (κ3) is 5.22. The van der Waals surface area contributed by atoms with Crippen LogP contribution in [0.1, 0.15) is 43.2 Å². The van der Waals surface area contributed by atoms with Crippen molar-refractivity contribution in [3.8, 4) is 11.1 Å². The van der Waals surface area contributed by atoms with Crippen LogP contribution in [-0.4, -0.2) is 66.4 Å². The number of carbonyl (C=O) groups excluding carboxylic acids is 2. The number of amides is 2. The lowest BCUT2D eigenvalue weighted by molar-refractivity contribution is -0.159. The van der Waals surface area contributed by atoms with Gasteiger partial charge < -0.3 is 24.8 Å². The van der Waals surface area contributed by atoms with Gasteiger partial charge in [-0.05, 0) is 28.7 Å². The Morgan fingerprint density at radius 1 is 1.12 bits per heavy atom. The fraction of sp³-hybridized carbons (Fsp3) is 0.423. The first-order chi connectivity index (χ1) is 16.5. The molecule has 1 fully saturated rings. The van der Waals surface area contributed by atoms with Crippen LogP contribution in [0, 0.1) is 0 Å². The van der Waals surface area contributed by atoms with Crippen molar-refractivity contribution in [2.24, 2.45) is 0 Å². The molecule has 2 atom stereocenters. The zero-order valence-corrected chi connectivity index (χ0v) is 19.2. The minimum Gasteiger partial charge on any atom is -0.479 e. The average Bonchev–Trinajstić information content (AvgIpc) is 3.16. The van der Waals surface area contributed by atoms with E-state index in [1.165, 1.54) is 4.90 Å². The standard InChI is InChI=1S/C26H30N2O6/c1-2-7-17(14-24(29)28-12-13-33-23(15-28)25(30)31)27-26(32)34-16-22-20-10-5-3-8-18(20)19-9-4-6-11-21(19)22/h3-6,8-11,17,22-23H,2,7,12-16H2,1H3,(H,27,32)(H,30,31)/t17-,23?/m1/s1. The van der Waals surface area contributed by atoms with Gasteiger partial charge in [-0.15, -0.1) is 0 Å². The maximum atomic E-state index is 12.8. The fourth-order valence-corrected chi connectivity index (χ4v) is 4.75. The van der Waals surface area contributed by atoms with Crippen molar-refractivity contribution in [2.45, 2.75) is 44.2 Å². The summed E-state index contributed by atoms with van der Waals surface area (Å²) in [6.45, 7) is 2.72. The van der Waals surface area contributed by atoms with E-state index in [0.29, 0.717) is 13.0 Å². The van der Waals surface area contributed by atoms with E-state index in [0.717, 1.165) is 28.7 Å². The summed E-state index contributed by atoms with van der Waals surface area (Å²) in [5.41, 5.74) is 4.59. The van der Waals surface area contributed by atoms with Crippen LogP contribution in [0.4, 0.5) is 4.79 Å². The second kappa shape index (κ2) is 10.7. The maximum Gasteiger partial charge on any atom is 0.407 e. The first kappa shape index (κ1) is 23.8. The van der Waals surface area contributed by atoms with Gasteiger partial charge in [0, 0.05) is 24.9 Å². The van der Waals surface area contributed by atoms with Crippen LogP contribution >= 0.6 is 0 Å². The van der Waals surface area contributed by atoms with Crippen molar-refractivity contribution < 1.29 is 29.0 Å². The number of alkyl carbamates (subject to hydrolysis) is 1. The molecular formula is C26H30N2O6. The highest BCUT2D eigenvalue weighted by molar-refractivity contribution is 5.80. The molecular weight excluding hydrogens is 436 g/mol. The quantitative estimate of drug-likeness (QED) is 0.618. The Bertz CT molecular complexity index is 1010. The predicted molar refractivity (Wildman–Crippen MR) is 125 cm³/mol. The highest BCUT2D eigenvalue weighted by Gasteiger charge is 2.31. The number of carboxylic acids is 1. The van der Waals surface area contributed by atoms with E-state index in [-0.39, 0.29) is 44.0 Å². The zero-order chi connectivity index (χ0) is 24.1. The van der Waals surface area contributed by atoms with Crippen molar-refractivity contribution in [2.75, 3.05) is 26.3 Å². The van der Waals surface area contributed by atoms with Crippen molar-refractivity contribution in [1.82, 2.24) is 10.2 Å². The lowest BCUT2D eigenvalue weighted by atomic mass is 9.98. The number of morpholine rings is 1. The van der Waals surface area contributed by atoms with Gasteiger partial charge in [0.15, 0.2) is 6.10 Å². The Balaban J connectivity index is 1.35. The average molecular weight is 467 g/mol. The molecule has 1 unspecified atom stereocenters. The van der Waals surface area contributed by atoms with Crippen molar-refractivity contribution in [3.05, 3.63) is 59.7 Å². The van der Waals surface area contributed by atoms with Crippen LogP contribution in [0.15, 0.2) is 48.5 Å². The molecule has 1 aliphatic heterocycles. The lowest BCUT2D eigenvalue weighted by Crippen LogP contribution is -2.50. The molecule has 2 aromatic rings. The van der Waals surface area contributed by atoms with Crippen molar-refractivity contribution in [3.63, 3.8) is 0 Å². The van der Waals surface area contributed by atoms with E-state index < -0.39 is 18.2 Å². The minimum absolute atomic E-state index is 0.0119. The van der Waals surface area contributed by atoms with Crippen LogP contribution in [0.25, 0.3) is 11.1 Å². The Hall–Kier alpha value is -3.39. The highest BCUT2D eigenvalue weighted by atomic mass is 16.5. The molecule has 2 aromatic carbocycles. The van der Waals surface area contributed by atoms with Gasteiger partial charge in [-0.2, -0.15) is 0 Å². The third-order valence-corrected chi connectivity index (χ3v) is 6.42. The molecule has 2 N–H and O–H groups in total. The molecule has 2 aliphatic rings. The number of aliphatic carboxylic acids is 1. The third-order valence-electron chi connectivity index (χ3n) is 6.42. The molecule has 0 radical (unpaired) electrons. The van der Waals surface area contributed by atoms with Crippen LogP contribution in [-0.2, 0) is 19.1 Å². The predicted octanol–water partition coefficient (Wildman–Crippen LogP) is 3.40. The molecule has 1 aliphatic carbocycles. The van der Waals surface area contributed by atoms with Gasteiger partial charge in [-0.1, -0.05) is 61.9 Å². The van der Waals surface area contributed by atoms with Gasteiger partial charge in [0.2, 0.25) is 5.91 Å². The van der Waals surface area contributed by atoms with Crippen LogP contribution in [0.3, 0.4) is 0 Å². The number of carboxylic acid groups (broad SMARTS) is 1. The van der Waals surface area contributed by atoms with Crippen LogP contribution < -0.4 is 5.32 Å². The molecule has 1 heterocycles. The highest BCUT2D eigenvalue weighted by Crippen LogP contribution is 2.44. The van der Waals surface area contributed by atoms with Gasteiger partial charge in [0.25, 0.3) is 0 Å². The van der Waals surface area contributed by atoms with Gasteiger partial charge in [-0.25, -0.2) is 9.59 Å². The summed E-state index contributed by atoms with van der Waals surface area (Å²) in [6, 6.07) is 15.9. The summed E-state index contributed by atoms with van der Waals surface area (Å²) in [4.78, 5) is 38.1.